The average molecular weight is 905 g/mol. The molecule has 63 heavy (non-hydrogen) atoms. The van der Waals surface area contributed by atoms with Crippen molar-refractivity contribution in [3.05, 3.63) is 47.5 Å². The zero-order valence-electron chi connectivity index (χ0n) is 33.4. The van der Waals surface area contributed by atoms with Gasteiger partial charge in [-0.2, -0.15) is 0 Å². The van der Waals surface area contributed by atoms with Crippen molar-refractivity contribution in [3.63, 3.8) is 0 Å². The Hall–Kier alpha value is -3.45. The summed E-state index contributed by atoms with van der Waals surface area (Å²) in [4.78, 5) is 14.5. The van der Waals surface area contributed by atoms with Crippen LogP contribution in [0.5, 0.6) is 23.0 Å². The van der Waals surface area contributed by atoms with Gasteiger partial charge >= 0.3 is 0 Å². The molecule has 352 valence electrons. The van der Waals surface area contributed by atoms with Crippen LogP contribution in [0.1, 0.15) is 35.9 Å². The lowest BCUT2D eigenvalue weighted by Gasteiger charge is -2.47. The third-order valence-electron chi connectivity index (χ3n) is 11.7. The van der Waals surface area contributed by atoms with Crippen LogP contribution in [0, 0.1) is 0 Å². The third kappa shape index (κ3) is 9.34. The molecule has 4 saturated heterocycles. The molecule has 2 aromatic carbocycles. The molecule has 4 fully saturated rings. The van der Waals surface area contributed by atoms with Crippen LogP contribution >= 0.6 is 0 Å². The lowest BCUT2D eigenvalue weighted by molar-refractivity contribution is -0.375. The van der Waals surface area contributed by atoms with Gasteiger partial charge in [-0.25, -0.2) is 0 Å². The number of ether oxygens (including phenoxy) is 9. The number of aromatic hydroxyl groups is 2. The Labute approximate surface area is 357 Å². The number of phenolic OH excluding ortho intramolecular Hbond substituents is 2. The minimum atomic E-state index is -2.08. The van der Waals surface area contributed by atoms with Crippen LogP contribution in [0.15, 0.2) is 36.4 Å². The Morgan fingerprint density at radius 1 is 0.587 bits per heavy atom. The molecule has 5 aliphatic rings. The predicted molar refractivity (Wildman–Crippen MR) is 199 cm³/mol. The van der Waals surface area contributed by atoms with Gasteiger partial charge in [0, 0.05) is 12.1 Å². The maximum absolute atomic E-state index is 14.5. The number of hydrogen-bond donors (Lipinski definition) is 14. The zero-order chi connectivity index (χ0) is 45.8. The number of aliphatic hydroxyl groups excluding tert-OH is 12. The highest BCUT2D eigenvalue weighted by Gasteiger charge is 2.54. The van der Waals surface area contributed by atoms with Gasteiger partial charge in [0.05, 0.1) is 25.4 Å². The Bertz CT molecular complexity index is 1870. The largest absolute Gasteiger partial charge is 0.508 e. The molecule has 14 N–H and O–H groups in total. The number of fused-ring (bicyclic) bond motifs is 1. The topological polar surface area (TPSA) is 383 Å². The van der Waals surface area contributed by atoms with Crippen molar-refractivity contribution < 1.29 is 119 Å². The fourth-order valence-corrected chi connectivity index (χ4v) is 7.87. The number of hydrogen-bond acceptors (Lipinski definition) is 24. The van der Waals surface area contributed by atoms with Gasteiger partial charge < -0.3 is 114 Å². The van der Waals surface area contributed by atoms with Gasteiger partial charge in [0.15, 0.2) is 31.1 Å². The van der Waals surface area contributed by atoms with E-state index in [4.69, 9.17) is 42.6 Å². The summed E-state index contributed by atoms with van der Waals surface area (Å²) in [6, 6.07) is 7.37. The summed E-state index contributed by atoms with van der Waals surface area (Å²) in [5.74, 6) is -2.41. The molecule has 2 aromatic rings. The Balaban J connectivity index is 1.15. The van der Waals surface area contributed by atoms with Crippen molar-refractivity contribution >= 4 is 5.78 Å². The molecular formula is C39H52O24. The second-order valence-electron chi connectivity index (χ2n) is 16.0. The van der Waals surface area contributed by atoms with Crippen LogP contribution in [0.2, 0.25) is 0 Å². The molecule has 0 spiro atoms. The number of carbonyl (C=O) groups is 1. The summed E-state index contributed by atoms with van der Waals surface area (Å²) in [5, 5.41) is 148. The summed E-state index contributed by atoms with van der Waals surface area (Å²) in [5.41, 5.74) is -0.292. The van der Waals surface area contributed by atoms with E-state index >= 15 is 0 Å². The lowest BCUT2D eigenvalue weighted by atomic mass is 9.92. The Morgan fingerprint density at radius 2 is 1.14 bits per heavy atom. The highest BCUT2D eigenvalue weighted by molar-refractivity contribution is 6.05. The van der Waals surface area contributed by atoms with Crippen LogP contribution in [-0.2, 0) is 33.2 Å². The van der Waals surface area contributed by atoms with Crippen LogP contribution in [0.25, 0.3) is 0 Å². The first-order chi connectivity index (χ1) is 29.8. The van der Waals surface area contributed by atoms with E-state index in [1.54, 1.807) is 0 Å². The van der Waals surface area contributed by atoms with E-state index < -0.39 is 165 Å². The van der Waals surface area contributed by atoms with Crippen molar-refractivity contribution in [3.8, 4) is 23.0 Å². The minimum Gasteiger partial charge on any atom is -0.508 e. The van der Waals surface area contributed by atoms with Gasteiger partial charge in [-0.05, 0) is 31.5 Å². The molecule has 0 aliphatic carbocycles. The molecule has 0 amide bonds. The fraction of sp³-hybridized carbons (Fsp3) is 0.667. The predicted octanol–water partition coefficient (Wildman–Crippen LogP) is -5.52. The Morgan fingerprint density at radius 3 is 1.78 bits per heavy atom. The summed E-state index contributed by atoms with van der Waals surface area (Å²) in [6.07, 6.45) is -37.2. The zero-order valence-corrected chi connectivity index (χ0v) is 33.4. The van der Waals surface area contributed by atoms with Gasteiger partial charge in [0.25, 0.3) is 0 Å². The molecule has 0 saturated carbocycles. The highest BCUT2D eigenvalue weighted by atomic mass is 16.8. The first kappa shape index (κ1) is 47.5. The van der Waals surface area contributed by atoms with Crippen molar-refractivity contribution in [2.75, 3.05) is 13.2 Å². The molecule has 0 bridgehead atoms. The molecule has 5 heterocycles. The van der Waals surface area contributed by atoms with Crippen LogP contribution < -0.4 is 9.47 Å². The second-order valence-corrected chi connectivity index (χ2v) is 16.0. The normalized spacial score (nSPS) is 44.4. The first-order valence-corrected chi connectivity index (χ1v) is 20.0. The standard InChI is InChI=1S/C39H52O24/c1-11-21(43)26(48)30(52)36(56-11)55-10-19-24(46)28(50)32(54)38(61-19)63-35-29(51)23(45)18(9-40)60-39(35)62-34-25(47)20-16(42)7-15(58-37-31(53)27(49)22(44)12(2)57-37)8-17(20)59-33(34)13-3-5-14(41)6-4-13/h3-8,11-12,18-19,21-24,26-46,48-54H,9-10H2,1-2H3/t11-,12-,18-,19+,21-,22-,23-,24+,26+,27+,28-,29+,30-,31-,32+,33-,34-,35-,36-,37+,38-,39+/m0/s1. The van der Waals surface area contributed by atoms with Gasteiger partial charge in [-0.3, -0.25) is 4.79 Å². The van der Waals surface area contributed by atoms with E-state index in [0.29, 0.717) is 0 Å². The van der Waals surface area contributed by atoms with E-state index in [9.17, 15) is 76.3 Å². The van der Waals surface area contributed by atoms with Gasteiger partial charge in [0.1, 0.15) is 114 Å². The van der Waals surface area contributed by atoms with Crippen LogP contribution in [0.3, 0.4) is 0 Å². The maximum atomic E-state index is 14.5. The first-order valence-electron chi connectivity index (χ1n) is 20.0. The van der Waals surface area contributed by atoms with Crippen LogP contribution in [0.4, 0.5) is 0 Å². The molecular weight excluding hydrogens is 852 g/mol. The molecule has 24 heteroatoms. The molecule has 0 aromatic heterocycles. The molecule has 0 unspecified atom stereocenters. The second kappa shape index (κ2) is 19.2. The van der Waals surface area contributed by atoms with E-state index in [-0.39, 0.29) is 22.8 Å². The molecule has 7 rings (SSSR count). The lowest BCUT2D eigenvalue weighted by Crippen LogP contribution is -2.65. The van der Waals surface area contributed by atoms with E-state index in [2.05, 4.69) is 0 Å². The van der Waals surface area contributed by atoms with Crippen molar-refractivity contribution in [1.29, 1.82) is 0 Å². The number of carbonyl (C=O) groups excluding carboxylic acids is 1. The number of benzene rings is 2. The smallest absolute Gasteiger partial charge is 0.229 e. The molecule has 24 nitrogen and oxygen atoms in total. The Kier molecular flexibility index (Phi) is 14.5. The summed E-state index contributed by atoms with van der Waals surface area (Å²) < 4.78 is 51.8. The average Bonchev–Trinajstić information content (AvgIpc) is 3.25. The van der Waals surface area contributed by atoms with Crippen molar-refractivity contribution in [1.82, 2.24) is 0 Å². The van der Waals surface area contributed by atoms with Gasteiger partial charge in [-0.1, -0.05) is 12.1 Å². The number of Topliss-reactive ketones (excluding diaryl/α,β-unsaturated/α-hetero) is 1. The van der Waals surface area contributed by atoms with Gasteiger partial charge in [0.2, 0.25) is 12.1 Å². The van der Waals surface area contributed by atoms with Crippen molar-refractivity contribution in [2.24, 2.45) is 0 Å². The highest BCUT2D eigenvalue weighted by Crippen LogP contribution is 2.45. The van der Waals surface area contributed by atoms with E-state index in [1.807, 2.05) is 0 Å². The molecule has 22 atom stereocenters. The van der Waals surface area contributed by atoms with E-state index in [1.165, 1.54) is 38.1 Å². The number of ketones is 1. The van der Waals surface area contributed by atoms with E-state index in [0.717, 1.165) is 12.1 Å². The third-order valence-corrected chi connectivity index (χ3v) is 11.7. The summed E-state index contributed by atoms with van der Waals surface area (Å²) >= 11 is 0. The maximum Gasteiger partial charge on any atom is 0.229 e. The fourth-order valence-electron chi connectivity index (χ4n) is 7.87. The molecule has 0 radical (unpaired) electrons. The minimum absolute atomic E-state index is 0.179. The number of rotatable bonds is 11. The van der Waals surface area contributed by atoms with Crippen molar-refractivity contribution in [2.45, 2.75) is 149 Å². The summed E-state index contributed by atoms with van der Waals surface area (Å²) in [6.45, 7) is 1.23. The number of phenols is 2. The quantitative estimate of drug-likeness (QED) is 0.1000. The van der Waals surface area contributed by atoms with Crippen LogP contribution in [-0.4, -0.2) is 219 Å². The summed E-state index contributed by atoms with van der Waals surface area (Å²) in [7, 11) is 0. The monoisotopic (exact) mass is 904 g/mol. The SMILES string of the molecule is C[C@@H]1O[C@H](OC[C@H]2O[C@@H](O[C@@H]3[C@@H](O[C@H]4C(=O)c5c(O)cc(O[C@H]6O[C@@H](C)[C@H](O)[C@@H](O)[C@@H]6O)cc5O[C@H]4c4ccc(O)cc4)O[C@@H](CO)[C@H](O)[C@H]3O)[C@H](O)[C@@H](O)[C@@H]2O)[C@@H](O)[C@H](O)[C@H]1O. The van der Waals surface area contributed by atoms with Gasteiger partial charge in [-0.15, -0.1) is 0 Å². The number of aliphatic hydroxyl groups is 12. The molecule has 5 aliphatic heterocycles.